The van der Waals surface area contributed by atoms with Gasteiger partial charge < -0.3 is 19.3 Å². The van der Waals surface area contributed by atoms with Crippen LogP contribution >= 0.6 is 0 Å². The lowest BCUT2D eigenvalue weighted by atomic mass is 10.2. The Morgan fingerprint density at radius 3 is 2.28 bits per heavy atom. The Labute approximate surface area is 169 Å². The van der Waals surface area contributed by atoms with Gasteiger partial charge in [0.1, 0.15) is 18.0 Å². The number of ether oxygens (including phenoxy) is 2. The minimum Gasteiger partial charge on any atom is -0.486 e. The Hall–Kier alpha value is -2.83. The first-order valence-corrected chi connectivity index (χ1v) is 9.61. The van der Waals surface area contributed by atoms with E-state index in [4.69, 9.17) is 9.47 Å². The van der Waals surface area contributed by atoms with Gasteiger partial charge in [-0.15, -0.1) is 0 Å². The van der Waals surface area contributed by atoms with Gasteiger partial charge in [0, 0.05) is 38.3 Å². The Balaban J connectivity index is 1.66. The van der Waals surface area contributed by atoms with Crippen molar-refractivity contribution in [1.82, 2.24) is 4.90 Å². The fourth-order valence-electron chi connectivity index (χ4n) is 3.06. The maximum absolute atomic E-state index is 14.4. The minimum atomic E-state index is -0.741. The van der Waals surface area contributed by atoms with Crippen LogP contribution in [0.3, 0.4) is 0 Å². The summed E-state index contributed by atoms with van der Waals surface area (Å²) >= 11 is 0. The summed E-state index contributed by atoms with van der Waals surface area (Å²) in [5.74, 6) is -1.39. The van der Waals surface area contributed by atoms with Crippen LogP contribution in [0.1, 0.15) is 26.3 Å². The number of hydrogen-bond donors (Lipinski definition) is 0. The molecule has 0 unspecified atom stereocenters. The van der Waals surface area contributed by atoms with Crippen molar-refractivity contribution in [3.63, 3.8) is 0 Å². The lowest BCUT2D eigenvalue weighted by molar-refractivity contribution is 0.0240. The molecule has 5 nitrogen and oxygen atoms in total. The van der Waals surface area contributed by atoms with E-state index in [1.165, 1.54) is 6.07 Å². The number of rotatable bonds is 4. The maximum Gasteiger partial charge on any atom is 0.410 e. The van der Waals surface area contributed by atoms with Crippen molar-refractivity contribution in [3.8, 4) is 5.75 Å². The second kappa shape index (κ2) is 8.68. The molecule has 1 aliphatic heterocycles. The van der Waals surface area contributed by atoms with E-state index >= 15 is 0 Å². The van der Waals surface area contributed by atoms with Crippen molar-refractivity contribution in [3.05, 3.63) is 59.7 Å². The number of piperazine rings is 1. The zero-order valence-electron chi connectivity index (χ0n) is 17.0. The summed E-state index contributed by atoms with van der Waals surface area (Å²) in [5.41, 5.74) is 0.587. The van der Waals surface area contributed by atoms with Gasteiger partial charge in [-0.05, 0) is 26.3 Å². The van der Waals surface area contributed by atoms with Crippen molar-refractivity contribution in [2.24, 2.45) is 0 Å². The lowest BCUT2D eigenvalue weighted by Gasteiger charge is -2.37. The normalized spacial score (nSPS) is 14.7. The van der Waals surface area contributed by atoms with Crippen LogP contribution in [0.15, 0.2) is 42.5 Å². The van der Waals surface area contributed by atoms with Crippen LogP contribution in [0.2, 0.25) is 0 Å². The van der Waals surface area contributed by atoms with Crippen molar-refractivity contribution < 1.29 is 23.0 Å². The second-order valence-electron chi connectivity index (χ2n) is 7.96. The van der Waals surface area contributed by atoms with Crippen molar-refractivity contribution in [1.29, 1.82) is 0 Å². The average Bonchev–Trinajstić information content (AvgIpc) is 2.67. The predicted molar refractivity (Wildman–Crippen MR) is 107 cm³/mol. The van der Waals surface area contributed by atoms with E-state index in [1.807, 2.05) is 51.1 Å². The largest absolute Gasteiger partial charge is 0.486 e. The first-order valence-electron chi connectivity index (χ1n) is 9.61. The molecule has 1 fully saturated rings. The molecule has 0 bridgehead atoms. The highest BCUT2D eigenvalue weighted by molar-refractivity contribution is 5.68. The van der Waals surface area contributed by atoms with Gasteiger partial charge in [-0.3, -0.25) is 0 Å². The van der Waals surface area contributed by atoms with Crippen LogP contribution in [0.4, 0.5) is 19.3 Å². The van der Waals surface area contributed by atoms with Crippen LogP contribution in [0.5, 0.6) is 5.75 Å². The molecule has 7 heteroatoms. The lowest BCUT2D eigenvalue weighted by Crippen LogP contribution is -2.50. The molecule has 0 radical (unpaired) electrons. The Bertz CT molecular complexity index is 845. The van der Waals surface area contributed by atoms with E-state index in [1.54, 1.807) is 9.80 Å². The summed E-state index contributed by atoms with van der Waals surface area (Å²) in [5, 5.41) is 0. The standard InChI is InChI=1S/C22H26F2N2O3/c1-22(2,3)29-21(27)26-11-9-25(10-12-26)19-14-20(18(24)13-17(19)23)28-15-16-7-5-4-6-8-16/h4-8,13-14H,9-12,15H2,1-3H3. The van der Waals surface area contributed by atoms with Crippen LogP contribution in [0, 0.1) is 11.6 Å². The summed E-state index contributed by atoms with van der Waals surface area (Å²) in [6, 6.07) is 11.6. The van der Waals surface area contributed by atoms with Gasteiger partial charge in [-0.2, -0.15) is 0 Å². The average molecular weight is 404 g/mol. The molecule has 1 saturated heterocycles. The smallest absolute Gasteiger partial charge is 0.410 e. The molecule has 156 valence electrons. The third kappa shape index (κ3) is 5.59. The number of halogens is 2. The third-order valence-corrected chi connectivity index (χ3v) is 4.51. The molecule has 29 heavy (non-hydrogen) atoms. The van der Waals surface area contributed by atoms with E-state index in [9.17, 15) is 13.6 Å². The summed E-state index contributed by atoms with van der Waals surface area (Å²) in [6.45, 7) is 7.25. The van der Waals surface area contributed by atoms with E-state index < -0.39 is 17.2 Å². The highest BCUT2D eigenvalue weighted by Gasteiger charge is 2.27. The van der Waals surface area contributed by atoms with E-state index in [0.29, 0.717) is 26.2 Å². The highest BCUT2D eigenvalue weighted by atomic mass is 19.1. The minimum absolute atomic E-state index is 0.000162. The zero-order valence-corrected chi connectivity index (χ0v) is 17.0. The van der Waals surface area contributed by atoms with Gasteiger partial charge in [0.15, 0.2) is 11.6 Å². The van der Waals surface area contributed by atoms with Crippen LogP contribution in [-0.4, -0.2) is 42.8 Å². The van der Waals surface area contributed by atoms with Crippen LogP contribution < -0.4 is 9.64 Å². The molecule has 1 heterocycles. The zero-order chi connectivity index (χ0) is 21.0. The number of hydrogen-bond acceptors (Lipinski definition) is 4. The topological polar surface area (TPSA) is 42.0 Å². The van der Waals surface area contributed by atoms with Crippen LogP contribution in [-0.2, 0) is 11.3 Å². The van der Waals surface area contributed by atoms with Gasteiger partial charge >= 0.3 is 6.09 Å². The fraction of sp³-hybridized carbons (Fsp3) is 0.409. The number of benzene rings is 2. The van der Waals surface area contributed by atoms with E-state index in [2.05, 4.69) is 0 Å². The molecule has 0 N–H and O–H groups in total. The molecule has 2 aromatic rings. The van der Waals surface area contributed by atoms with Gasteiger partial charge in [-0.1, -0.05) is 30.3 Å². The van der Waals surface area contributed by atoms with Gasteiger partial charge in [-0.25, -0.2) is 13.6 Å². The molecule has 2 aromatic carbocycles. The number of nitrogens with zero attached hydrogens (tertiary/aromatic N) is 2. The number of carbonyl (C=O) groups is 1. The predicted octanol–water partition coefficient (Wildman–Crippen LogP) is 4.60. The SMILES string of the molecule is CC(C)(C)OC(=O)N1CCN(c2cc(OCc3ccccc3)c(F)cc2F)CC1. The summed E-state index contributed by atoms with van der Waals surface area (Å²) in [6.07, 6.45) is -0.386. The monoisotopic (exact) mass is 404 g/mol. The molecule has 0 spiro atoms. The summed E-state index contributed by atoms with van der Waals surface area (Å²) in [7, 11) is 0. The molecular formula is C22H26F2N2O3. The summed E-state index contributed by atoms with van der Waals surface area (Å²) in [4.78, 5) is 15.6. The number of anilines is 1. The van der Waals surface area contributed by atoms with Crippen molar-refractivity contribution >= 4 is 11.8 Å². The van der Waals surface area contributed by atoms with Crippen molar-refractivity contribution in [2.45, 2.75) is 33.0 Å². The molecule has 0 saturated carbocycles. The molecule has 3 rings (SSSR count). The summed E-state index contributed by atoms with van der Waals surface area (Å²) < 4.78 is 39.5. The number of amides is 1. The second-order valence-corrected chi connectivity index (χ2v) is 7.96. The van der Waals surface area contributed by atoms with Crippen LogP contribution in [0.25, 0.3) is 0 Å². The third-order valence-electron chi connectivity index (χ3n) is 4.51. The molecule has 1 aliphatic rings. The first-order chi connectivity index (χ1) is 13.7. The molecule has 0 aromatic heterocycles. The highest BCUT2D eigenvalue weighted by Crippen LogP contribution is 2.29. The van der Waals surface area contributed by atoms with Crippen molar-refractivity contribution in [2.75, 3.05) is 31.1 Å². The van der Waals surface area contributed by atoms with Gasteiger partial charge in [0.2, 0.25) is 0 Å². The van der Waals surface area contributed by atoms with Gasteiger partial charge in [0.05, 0.1) is 5.69 Å². The van der Waals surface area contributed by atoms with E-state index in [0.717, 1.165) is 11.6 Å². The Morgan fingerprint density at radius 1 is 1.00 bits per heavy atom. The molecule has 1 amide bonds. The Kier molecular flexibility index (Phi) is 6.25. The quantitative estimate of drug-likeness (QED) is 0.747. The van der Waals surface area contributed by atoms with E-state index in [-0.39, 0.29) is 24.1 Å². The molecular weight excluding hydrogens is 378 g/mol. The van der Waals surface area contributed by atoms with Gasteiger partial charge in [0.25, 0.3) is 0 Å². The maximum atomic E-state index is 14.4. The number of carbonyl (C=O) groups excluding carboxylic acids is 1. The fourth-order valence-corrected chi connectivity index (χ4v) is 3.06. The Morgan fingerprint density at radius 2 is 1.66 bits per heavy atom. The molecule has 0 aliphatic carbocycles. The first kappa shape index (κ1) is 20.9. The molecule has 0 atom stereocenters.